The molecule has 7 heteroatoms. The quantitative estimate of drug-likeness (QED) is 0.316. The number of amidine groups is 1. The van der Waals surface area contributed by atoms with Gasteiger partial charge in [-0.2, -0.15) is 0 Å². The van der Waals surface area contributed by atoms with Crippen molar-refractivity contribution in [2.75, 3.05) is 11.5 Å². The minimum atomic E-state index is -3.09. The first-order valence-electron chi connectivity index (χ1n) is 3.34. The summed E-state index contributed by atoms with van der Waals surface area (Å²) in [6.07, 6.45) is -0.845. The maximum Gasteiger partial charge on any atom is 0.300 e. The third-order valence-corrected chi connectivity index (χ3v) is 4.54. The lowest BCUT2D eigenvalue weighted by atomic mass is 10.3. The molecule has 0 spiro atoms. The molecule has 0 aliphatic carbocycles. The molecular formula is C5H11N2O3S2+. The molecule has 1 fully saturated rings. The highest BCUT2D eigenvalue weighted by Crippen LogP contribution is 2.23. The van der Waals surface area contributed by atoms with E-state index in [4.69, 9.17) is 11.1 Å². The number of aliphatic hydroxyl groups excluding tert-OH is 1. The largest absolute Gasteiger partial charge is 0.391 e. The Labute approximate surface area is 74.8 Å². The molecule has 0 amide bonds. The lowest BCUT2D eigenvalue weighted by Gasteiger charge is -2.06. The second-order valence-electron chi connectivity index (χ2n) is 2.70. The normalized spacial score (nSPS) is 33.4. The van der Waals surface area contributed by atoms with E-state index < -0.39 is 21.2 Å². The van der Waals surface area contributed by atoms with Crippen LogP contribution < -0.4 is 11.1 Å². The highest BCUT2D eigenvalue weighted by Gasteiger charge is 2.38. The van der Waals surface area contributed by atoms with Crippen LogP contribution >= 0.6 is 11.8 Å². The van der Waals surface area contributed by atoms with Gasteiger partial charge < -0.3 is 5.11 Å². The summed E-state index contributed by atoms with van der Waals surface area (Å²) in [5.41, 5.74) is 5.17. The van der Waals surface area contributed by atoms with E-state index in [9.17, 15) is 13.5 Å². The van der Waals surface area contributed by atoms with E-state index in [0.717, 1.165) is 11.8 Å². The number of hydrogen-bond acceptors (Lipinski definition) is 4. The Bertz CT molecular complexity index is 287. The SMILES string of the molecule is NC(=[NH2+])S[C@@H]1CS(=O)(=O)C[C@H]1O. The number of sulfone groups is 1. The number of aliphatic hydroxyl groups is 1. The fraction of sp³-hybridized carbons (Fsp3) is 0.800. The van der Waals surface area contributed by atoms with Crippen molar-refractivity contribution in [3.63, 3.8) is 0 Å². The molecule has 0 aromatic heterocycles. The molecular weight excluding hydrogens is 200 g/mol. The summed E-state index contributed by atoms with van der Waals surface area (Å²) in [5.74, 6) is -0.228. The van der Waals surface area contributed by atoms with Gasteiger partial charge in [0.15, 0.2) is 9.84 Å². The van der Waals surface area contributed by atoms with Gasteiger partial charge in [-0.1, -0.05) is 0 Å². The summed E-state index contributed by atoms with van der Waals surface area (Å²) < 4.78 is 21.9. The molecule has 5 N–H and O–H groups in total. The van der Waals surface area contributed by atoms with Crippen molar-refractivity contribution < 1.29 is 18.9 Å². The minimum Gasteiger partial charge on any atom is -0.391 e. The maximum atomic E-state index is 11.0. The summed E-state index contributed by atoms with van der Waals surface area (Å²) in [4.78, 5) is 0. The number of nitrogens with two attached hydrogens (primary N) is 2. The first-order valence-corrected chi connectivity index (χ1v) is 6.04. The Morgan fingerprint density at radius 3 is 2.50 bits per heavy atom. The second-order valence-corrected chi connectivity index (χ2v) is 6.17. The second kappa shape index (κ2) is 3.23. The Kier molecular flexibility index (Phi) is 2.64. The van der Waals surface area contributed by atoms with Gasteiger partial charge in [0.25, 0.3) is 5.17 Å². The zero-order valence-electron chi connectivity index (χ0n) is 6.30. The molecule has 0 unspecified atom stereocenters. The molecule has 2 atom stereocenters. The van der Waals surface area contributed by atoms with Gasteiger partial charge in [-0.05, 0) is 11.8 Å². The standard InChI is InChI=1S/C5H10N2O3S2/c6-5(7)11-4-2-12(9,10)1-3(4)8/h3-4,8H,1-2H2,(H3,6,7)/p+1/t3-,4-/m1/s1. The third-order valence-electron chi connectivity index (χ3n) is 1.56. The van der Waals surface area contributed by atoms with E-state index in [0.29, 0.717) is 0 Å². The van der Waals surface area contributed by atoms with Crippen molar-refractivity contribution in [1.82, 2.24) is 0 Å². The van der Waals surface area contributed by atoms with Crippen molar-refractivity contribution >= 4 is 26.8 Å². The van der Waals surface area contributed by atoms with E-state index in [1.807, 2.05) is 0 Å². The molecule has 1 aliphatic heterocycles. The lowest BCUT2D eigenvalue weighted by Crippen LogP contribution is -2.45. The van der Waals surface area contributed by atoms with Gasteiger partial charge in [0.05, 0.1) is 22.9 Å². The Hall–Kier alpha value is -0.270. The highest BCUT2D eigenvalue weighted by atomic mass is 32.2. The van der Waals surface area contributed by atoms with Crippen LogP contribution in [-0.2, 0) is 9.84 Å². The smallest absolute Gasteiger partial charge is 0.300 e. The van der Waals surface area contributed by atoms with E-state index in [-0.39, 0.29) is 16.7 Å². The summed E-state index contributed by atoms with van der Waals surface area (Å²) >= 11 is 1.02. The van der Waals surface area contributed by atoms with Crippen LogP contribution in [0, 0.1) is 0 Å². The number of rotatable bonds is 1. The fourth-order valence-electron chi connectivity index (χ4n) is 1.08. The summed E-state index contributed by atoms with van der Waals surface area (Å²) in [6, 6.07) is 0. The predicted molar refractivity (Wildman–Crippen MR) is 47.2 cm³/mol. The molecule has 0 bridgehead atoms. The molecule has 1 rings (SSSR count). The van der Waals surface area contributed by atoms with Gasteiger partial charge in [-0.25, -0.2) is 8.42 Å². The van der Waals surface area contributed by atoms with E-state index in [1.165, 1.54) is 0 Å². The summed E-state index contributed by atoms with van der Waals surface area (Å²) in [7, 11) is -3.09. The molecule has 5 nitrogen and oxygen atoms in total. The fourth-order valence-corrected chi connectivity index (χ4v) is 4.31. The third kappa shape index (κ3) is 2.36. The number of thioether (sulfide) groups is 1. The lowest BCUT2D eigenvalue weighted by molar-refractivity contribution is -0.110. The van der Waals surface area contributed by atoms with Crippen LogP contribution in [0.3, 0.4) is 0 Å². The predicted octanol–water partition coefficient (Wildman–Crippen LogP) is -3.05. The van der Waals surface area contributed by atoms with Crippen LogP contribution in [0.25, 0.3) is 0 Å². The molecule has 0 aromatic carbocycles. The molecule has 0 saturated carbocycles. The van der Waals surface area contributed by atoms with Gasteiger partial charge >= 0.3 is 0 Å². The monoisotopic (exact) mass is 211 g/mol. The topological polar surface area (TPSA) is 106 Å². The molecule has 1 aliphatic rings. The van der Waals surface area contributed by atoms with E-state index in [1.54, 1.807) is 0 Å². The van der Waals surface area contributed by atoms with Gasteiger partial charge in [0.2, 0.25) is 0 Å². The Balaban J connectivity index is 2.64. The molecule has 70 valence electrons. The molecule has 1 heterocycles. The van der Waals surface area contributed by atoms with Gasteiger partial charge in [-0.3, -0.25) is 11.1 Å². The van der Waals surface area contributed by atoms with Crippen molar-refractivity contribution in [3.8, 4) is 0 Å². The zero-order valence-corrected chi connectivity index (χ0v) is 7.94. The van der Waals surface area contributed by atoms with Crippen LogP contribution in [0.5, 0.6) is 0 Å². The van der Waals surface area contributed by atoms with Crippen LogP contribution in [0.1, 0.15) is 0 Å². The maximum absolute atomic E-state index is 11.0. The molecule has 0 radical (unpaired) electrons. The Morgan fingerprint density at radius 1 is 1.58 bits per heavy atom. The van der Waals surface area contributed by atoms with Crippen LogP contribution in [0.4, 0.5) is 0 Å². The van der Waals surface area contributed by atoms with Crippen LogP contribution in [0.15, 0.2) is 0 Å². The van der Waals surface area contributed by atoms with Gasteiger partial charge in [0.1, 0.15) is 0 Å². The van der Waals surface area contributed by atoms with Crippen molar-refractivity contribution in [1.29, 1.82) is 0 Å². The molecule has 12 heavy (non-hydrogen) atoms. The first kappa shape index (κ1) is 9.82. The molecule has 1 saturated heterocycles. The van der Waals surface area contributed by atoms with Crippen molar-refractivity contribution in [2.45, 2.75) is 11.4 Å². The van der Waals surface area contributed by atoms with E-state index >= 15 is 0 Å². The number of hydrogen-bond donors (Lipinski definition) is 3. The van der Waals surface area contributed by atoms with E-state index in [2.05, 4.69) is 0 Å². The first-order chi connectivity index (χ1) is 5.41. The van der Waals surface area contributed by atoms with Crippen LogP contribution in [-0.4, -0.2) is 41.6 Å². The van der Waals surface area contributed by atoms with Gasteiger partial charge in [0, 0.05) is 0 Å². The highest BCUT2D eigenvalue weighted by molar-refractivity contribution is 8.14. The average Bonchev–Trinajstić information content (AvgIpc) is 2.03. The van der Waals surface area contributed by atoms with Crippen molar-refractivity contribution in [2.24, 2.45) is 5.73 Å². The van der Waals surface area contributed by atoms with Crippen LogP contribution in [0.2, 0.25) is 0 Å². The average molecular weight is 211 g/mol. The van der Waals surface area contributed by atoms with Gasteiger partial charge in [-0.15, -0.1) is 0 Å². The zero-order chi connectivity index (χ0) is 9.35. The summed E-state index contributed by atoms with van der Waals surface area (Å²) in [6.45, 7) is 0. The Morgan fingerprint density at radius 2 is 2.17 bits per heavy atom. The summed E-state index contributed by atoms with van der Waals surface area (Å²) in [5, 5.41) is 14.1. The molecule has 0 aromatic rings. The minimum absolute atomic E-state index is 0.0449. The van der Waals surface area contributed by atoms with Crippen molar-refractivity contribution in [3.05, 3.63) is 0 Å².